The first-order chi connectivity index (χ1) is 5.54. The lowest BCUT2D eigenvalue weighted by Gasteiger charge is -2.09. The number of nitrogens with zero attached hydrogens (tertiary/aromatic N) is 2. The van der Waals surface area contributed by atoms with Crippen molar-refractivity contribution in [2.45, 2.75) is 20.8 Å². The Labute approximate surface area is 73.4 Å². The fourth-order valence-corrected chi connectivity index (χ4v) is 1.14. The Morgan fingerprint density at radius 1 is 1.25 bits per heavy atom. The zero-order valence-corrected chi connectivity index (χ0v) is 7.68. The molecule has 0 aromatic heterocycles. The molecule has 0 spiro atoms. The standard InChI is InChI=1S/C10H12N2/c1-7(2)10(8(3)4)9(5-11)6-12/h8H,1H2,2-4H3. The Kier molecular flexibility index (Phi) is 3.80. The van der Waals surface area contributed by atoms with Gasteiger partial charge in [0.1, 0.15) is 17.7 Å². The molecule has 0 aromatic rings. The number of rotatable bonds is 2. The van der Waals surface area contributed by atoms with Crippen molar-refractivity contribution < 1.29 is 0 Å². The summed E-state index contributed by atoms with van der Waals surface area (Å²) in [6, 6.07) is 3.74. The minimum Gasteiger partial charge on any atom is -0.192 e. The maximum atomic E-state index is 8.62. The molecule has 0 saturated heterocycles. The third-order valence-electron chi connectivity index (χ3n) is 1.53. The third kappa shape index (κ3) is 2.25. The summed E-state index contributed by atoms with van der Waals surface area (Å²) in [6.07, 6.45) is 0. The summed E-state index contributed by atoms with van der Waals surface area (Å²) < 4.78 is 0. The summed E-state index contributed by atoms with van der Waals surface area (Å²) in [6.45, 7) is 9.43. The normalized spacial score (nSPS) is 8.50. The molecule has 0 bridgehead atoms. The molecule has 0 aliphatic rings. The van der Waals surface area contributed by atoms with Crippen molar-refractivity contribution in [3.8, 4) is 12.1 Å². The average Bonchev–Trinajstić information content (AvgIpc) is 1.98. The molecule has 2 heteroatoms. The van der Waals surface area contributed by atoms with Crippen molar-refractivity contribution in [3.63, 3.8) is 0 Å². The molecule has 0 aromatic carbocycles. The van der Waals surface area contributed by atoms with Crippen LogP contribution in [0.15, 0.2) is 23.3 Å². The van der Waals surface area contributed by atoms with Crippen LogP contribution >= 0.6 is 0 Å². The zero-order chi connectivity index (χ0) is 9.72. The van der Waals surface area contributed by atoms with Crippen molar-refractivity contribution in [1.29, 1.82) is 10.5 Å². The highest BCUT2D eigenvalue weighted by atomic mass is 14.3. The van der Waals surface area contributed by atoms with E-state index in [0.717, 1.165) is 11.1 Å². The topological polar surface area (TPSA) is 47.6 Å². The van der Waals surface area contributed by atoms with Crippen LogP contribution < -0.4 is 0 Å². The summed E-state index contributed by atoms with van der Waals surface area (Å²) in [7, 11) is 0. The highest BCUT2D eigenvalue weighted by molar-refractivity contribution is 5.48. The molecule has 2 nitrogen and oxygen atoms in total. The van der Waals surface area contributed by atoms with Gasteiger partial charge in [-0.05, 0) is 18.4 Å². The van der Waals surface area contributed by atoms with Crippen LogP contribution in [0.5, 0.6) is 0 Å². The molecule has 0 amide bonds. The van der Waals surface area contributed by atoms with Crippen molar-refractivity contribution >= 4 is 0 Å². The smallest absolute Gasteiger partial charge is 0.133 e. The second-order valence-corrected chi connectivity index (χ2v) is 2.95. The summed E-state index contributed by atoms with van der Waals surface area (Å²) in [4.78, 5) is 0. The van der Waals surface area contributed by atoms with Gasteiger partial charge in [0, 0.05) is 0 Å². The highest BCUT2D eigenvalue weighted by Gasteiger charge is 2.10. The molecule has 0 aliphatic heterocycles. The van der Waals surface area contributed by atoms with E-state index in [0.29, 0.717) is 0 Å². The first-order valence-corrected chi connectivity index (χ1v) is 3.74. The summed E-state index contributed by atoms with van der Waals surface area (Å²) >= 11 is 0. The van der Waals surface area contributed by atoms with Crippen LogP contribution in [0.25, 0.3) is 0 Å². The molecule has 0 fully saturated rings. The van der Waals surface area contributed by atoms with E-state index in [9.17, 15) is 0 Å². The van der Waals surface area contributed by atoms with Gasteiger partial charge in [0.05, 0.1) is 0 Å². The van der Waals surface area contributed by atoms with Crippen LogP contribution in [0.2, 0.25) is 0 Å². The first kappa shape index (κ1) is 10.5. The van der Waals surface area contributed by atoms with E-state index in [4.69, 9.17) is 10.5 Å². The third-order valence-corrected chi connectivity index (χ3v) is 1.53. The molecular weight excluding hydrogens is 148 g/mol. The van der Waals surface area contributed by atoms with Crippen molar-refractivity contribution in [1.82, 2.24) is 0 Å². The maximum absolute atomic E-state index is 8.62. The van der Waals surface area contributed by atoms with E-state index in [1.807, 2.05) is 32.9 Å². The summed E-state index contributed by atoms with van der Waals surface area (Å²) in [5, 5.41) is 17.2. The second kappa shape index (κ2) is 4.36. The van der Waals surface area contributed by atoms with E-state index >= 15 is 0 Å². The monoisotopic (exact) mass is 160 g/mol. The van der Waals surface area contributed by atoms with Crippen LogP contribution in [-0.2, 0) is 0 Å². The number of allylic oxidation sites excluding steroid dienone is 3. The molecule has 0 rings (SSSR count). The number of hydrogen-bond acceptors (Lipinski definition) is 2. The van der Waals surface area contributed by atoms with Gasteiger partial charge in [-0.15, -0.1) is 0 Å². The number of hydrogen-bond donors (Lipinski definition) is 0. The van der Waals surface area contributed by atoms with Crippen LogP contribution in [0.3, 0.4) is 0 Å². The molecule has 0 aliphatic carbocycles. The maximum Gasteiger partial charge on any atom is 0.133 e. The minimum absolute atomic E-state index is 0.178. The SMILES string of the molecule is C=C(C)C(=C(C#N)C#N)C(C)C. The van der Waals surface area contributed by atoms with E-state index < -0.39 is 0 Å². The predicted molar refractivity (Wildman–Crippen MR) is 47.9 cm³/mol. The van der Waals surface area contributed by atoms with Gasteiger partial charge in [-0.2, -0.15) is 10.5 Å². The van der Waals surface area contributed by atoms with Gasteiger partial charge in [0.25, 0.3) is 0 Å². The van der Waals surface area contributed by atoms with Gasteiger partial charge < -0.3 is 0 Å². The van der Waals surface area contributed by atoms with Crippen molar-refractivity contribution in [2.24, 2.45) is 5.92 Å². The Morgan fingerprint density at radius 2 is 1.67 bits per heavy atom. The predicted octanol–water partition coefficient (Wildman–Crippen LogP) is 2.56. The highest BCUT2D eigenvalue weighted by Crippen LogP contribution is 2.21. The Morgan fingerprint density at radius 3 is 1.75 bits per heavy atom. The van der Waals surface area contributed by atoms with Gasteiger partial charge in [0.15, 0.2) is 0 Å². The van der Waals surface area contributed by atoms with Crippen molar-refractivity contribution in [3.05, 3.63) is 23.3 Å². The molecule has 0 saturated carbocycles. The lowest BCUT2D eigenvalue weighted by Crippen LogP contribution is -1.98. The van der Waals surface area contributed by atoms with E-state index in [2.05, 4.69) is 6.58 Å². The van der Waals surface area contributed by atoms with E-state index in [1.54, 1.807) is 0 Å². The lowest BCUT2D eigenvalue weighted by atomic mass is 9.93. The van der Waals surface area contributed by atoms with Crippen LogP contribution in [0, 0.1) is 28.6 Å². The molecular formula is C10H12N2. The fraction of sp³-hybridized carbons (Fsp3) is 0.400. The Bertz CT molecular complexity index is 279. The quantitative estimate of drug-likeness (QED) is 0.460. The molecule has 0 atom stereocenters. The minimum atomic E-state index is 0.178. The Balaban J connectivity index is 5.26. The van der Waals surface area contributed by atoms with Gasteiger partial charge in [-0.3, -0.25) is 0 Å². The van der Waals surface area contributed by atoms with Crippen molar-refractivity contribution in [2.75, 3.05) is 0 Å². The van der Waals surface area contributed by atoms with Crippen LogP contribution in [0.4, 0.5) is 0 Å². The average molecular weight is 160 g/mol. The fourth-order valence-electron chi connectivity index (χ4n) is 1.14. The van der Waals surface area contributed by atoms with Crippen LogP contribution in [-0.4, -0.2) is 0 Å². The zero-order valence-electron chi connectivity index (χ0n) is 7.68. The summed E-state index contributed by atoms with van der Waals surface area (Å²) in [5.74, 6) is 0.178. The second-order valence-electron chi connectivity index (χ2n) is 2.95. The first-order valence-electron chi connectivity index (χ1n) is 3.74. The molecule has 0 N–H and O–H groups in total. The van der Waals surface area contributed by atoms with Gasteiger partial charge >= 0.3 is 0 Å². The van der Waals surface area contributed by atoms with Gasteiger partial charge in [-0.1, -0.05) is 26.0 Å². The lowest BCUT2D eigenvalue weighted by molar-refractivity contribution is 0.774. The van der Waals surface area contributed by atoms with Gasteiger partial charge in [0.2, 0.25) is 0 Å². The molecule has 0 unspecified atom stereocenters. The molecule has 12 heavy (non-hydrogen) atoms. The number of nitriles is 2. The summed E-state index contributed by atoms with van der Waals surface area (Å²) in [5.41, 5.74) is 1.74. The largest absolute Gasteiger partial charge is 0.192 e. The Hall–Kier alpha value is -1.54. The molecule has 0 heterocycles. The van der Waals surface area contributed by atoms with E-state index in [-0.39, 0.29) is 11.5 Å². The van der Waals surface area contributed by atoms with Crippen LogP contribution in [0.1, 0.15) is 20.8 Å². The molecule has 62 valence electrons. The van der Waals surface area contributed by atoms with Gasteiger partial charge in [-0.25, -0.2) is 0 Å². The molecule has 0 radical (unpaired) electrons. The van der Waals surface area contributed by atoms with E-state index in [1.165, 1.54) is 0 Å².